The minimum atomic E-state index is -0.603. The molecular formula is C11H12Cl2N2O. The van der Waals surface area contributed by atoms with Crippen molar-refractivity contribution in [1.29, 1.82) is 0 Å². The van der Waals surface area contributed by atoms with E-state index in [2.05, 4.69) is 5.32 Å². The van der Waals surface area contributed by atoms with Crippen LogP contribution in [0.4, 0.5) is 5.69 Å². The first kappa shape index (κ1) is 11.6. The number of primary amides is 1. The Hall–Kier alpha value is -0.930. The van der Waals surface area contributed by atoms with Crippen LogP contribution < -0.4 is 11.1 Å². The van der Waals surface area contributed by atoms with Crippen molar-refractivity contribution < 1.29 is 4.79 Å². The molecule has 1 amide bonds. The van der Waals surface area contributed by atoms with Crippen LogP contribution in [0, 0.1) is 5.92 Å². The molecule has 1 atom stereocenters. The number of hydrogen-bond donors (Lipinski definition) is 2. The number of para-hydroxylation sites is 1. The van der Waals surface area contributed by atoms with Crippen LogP contribution in [-0.4, -0.2) is 16.8 Å². The molecule has 1 aromatic carbocycles. The van der Waals surface area contributed by atoms with Crippen LogP contribution in [0.2, 0.25) is 0 Å². The van der Waals surface area contributed by atoms with Crippen LogP contribution in [0.15, 0.2) is 24.3 Å². The number of alkyl halides is 2. The molecule has 0 aliphatic heterocycles. The van der Waals surface area contributed by atoms with Crippen LogP contribution in [0.25, 0.3) is 0 Å². The van der Waals surface area contributed by atoms with Gasteiger partial charge in [-0.05, 0) is 18.6 Å². The van der Waals surface area contributed by atoms with Gasteiger partial charge in [0.05, 0.1) is 5.56 Å². The second-order valence-corrected chi connectivity index (χ2v) is 5.50. The molecule has 2 rings (SSSR count). The van der Waals surface area contributed by atoms with E-state index in [1.807, 2.05) is 12.1 Å². The fourth-order valence-corrected chi connectivity index (χ4v) is 2.10. The first-order chi connectivity index (χ1) is 7.50. The number of benzene rings is 1. The molecule has 1 aliphatic carbocycles. The summed E-state index contributed by atoms with van der Waals surface area (Å²) in [7, 11) is 0. The third-order valence-corrected chi connectivity index (χ3v) is 3.61. The van der Waals surface area contributed by atoms with Gasteiger partial charge in [0.1, 0.15) is 4.33 Å². The van der Waals surface area contributed by atoms with E-state index < -0.39 is 10.2 Å². The van der Waals surface area contributed by atoms with E-state index in [1.54, 1.807) is 12.1 Å². The van der Waals surface area contributed by atoms with Crippen LogP contribution in [0.5, 0.6) is 0 Å². The summed E-state index contributed by atoms with van der Waals surface area (Å²) >= 11 is 11.8. The number of hydrogen-bond acceptors (Lipinski definition) is 2. The normalized spacial score (nSPS) is 21.5. The number of nitrogens with two attached hydrogens (primary N) is 1. The number of nitrogens with one attached hydrogen (secondary N) is 1. The van der Waals surface area contributed by atoms with Gasteiger partial charge in [0.2, 0.25) is 0 Å². The maximum Gasteiger partial charge on any atom is 0.250 e. The van der Waals surface area contributed by atoms with Gasteiger partial charge in [0.25, 0.3) is 5.91 Å². The maximum absolute atomic E-state index is 11.1. The van der Waals surface area contributed by atoms with E-state index in [-0.39, 0.29) is 5.92 Å². The van der Waals surface area contributed by atoms with Crippen molar-refractivity contribution in [3.05, 3.63) is 29.8 Å². The van der Waals surface area contributed by atoms with Crippen LogP contribution in [-0.2, 0) is 0 Å². The Morgan fingerprint density at radius 1 is 1.50 bits per heavy atom. The zero-order chi connectivity index (χ0) is 11.8. The second-order valence-electron chi connectivity index (χ2n) is 3.95. The molecule has 1 aliphatic rings. The third kappa shape index (κ3) is 2.42. The average molecular weight is 259 g/mol. The summed E-state index contributed by atoms with van der Waals surface area (Å²) < 4.78 is -0.603. The molecule has 0 aromatic heterocycles. The van der Waals surface area contributed by atoms with E-state index >= 15 is 0 Å². The number of rotatable bonds is 4. The third-order valence-electron chi connectivity index (χ3n) is 2.69. The Bertz CT molecular complexity index is 420. The van der Waals surface area contributed by atoms with Gasteiger partial charge in [-0.15, -0.1) is 23.2 Å². The molecule has 3 nitrogen and oxygen atoms in total. The molecule has 3 N–H and O–H groups in total. The average Bonchev–Trinajstić information content (AvgIpc) is 2.84. The van der Waals surface area contributed by atoms with E-state index in [4.69, 9.17) is 28.9 Å². The van der Waals surface area contributed by atoms with Crippen molar-refractivity contribution in [2.24, 2.45) is 11.7 Å². The molecule has 0 radical (unpaired) electrons. The highest BCUT2D eigenvalue weighted by Gasteiger charge is 2.51. The predicted molar refractivity (Wildman–Crippen MR) is 66.0 cm³/mol. The fraction of sp³-hybridized carbons (Fsp3) is 0.364. The Kier molecular flexibility index (Phi) is 3.00. The number of carbonyl (C=O) groups excluding carboxylic acids is 1. The highest BCUT2D eigenvalue weighted by Crippen LogP contribution is 2.52. The maximum atomic E-state index is 11.1. The minimum absolute atomic E-state index is 0.233. The second kappa shape index (κ2) is 4.15. The summed E-state index contributed by atoms with van der Waals surface area (Å²) in [5.74, 6) is -0.210. The lowest BCUT2D eigenvalue weighted by atomic mass is 10.1. The van der Waals surface area contributed by atoms with Crippen LogP contribution in [0.3, 0.4) is 0 Å². The first-order valence-electron chi connectivity index (χ1n) is 5.01. The molecule has 0 heterocycles. The smallest absolute Gasteiger partial charge is 0.250 e. The number of anilines is 1. The quantitative estimate of drug-likeness (QED) is 0.816. The molecule has 0 bridgehead atoms. The van der Waals surface area contributed by atoms with Gasteiger partial charge in [-0.1, -0.05) is 12.1 Å². The van der Waals surface area contributed by atoms with E-state index in [9.17, 15) is 4.79 Å². The lowest BCUT2D eigenvalue weighted by Crippen LogP contribution is -2.16. The molecule has 16 heavy (non-hydrogen) atoms. The van der Waals surface area contributed by atoms with Gasteiger partial charge in [0.15, 0.2) is 0 Å². The highest BCUT2D eigenvalue weighted by atomic mass is 35.5. The monoisotopic (exact) mass is 258 g/mol. The van der Waals surface area contributed by atoms with Gasteiger partial charge in [0, 0.05) is 18.2 Å². The van der Waals surface area contributed by atoms with Gasteiger partial charge >= 0.3 is 0 Å². The van der Waals surface area contributed by atoms with E-state index in [0.29, 0.717) is 12.1 Å². The van der Waals surface area contributed by atoms with E-state index in [1.165, 1.54) is 0 Å². The summed E-state index contributed by atoms with van der Waals surface area (Å²) in [5, 5.41) is 3.14. The number of amides is 1. The van der Waals surface area contributed by atoms with Crippen molar-refractivity contribution >= 4 is 34.8 Å². The van der Waals surface area contributed by atoms with Crippen molar-refractivity contribution in [3.63, 3.8) is 0 Å². The predicted octanol–water partition coefficient (Wildman–Crippen LogP) is 2.39. The minimum Gasteiger partial charge on any atom is -0.384 e. The van der Waals surface area contributed by atoms with Gasteiger partial charge in [-0.25, -0.2) is 0 Å². The van der Waals surface area contributed by atoms with Crippen molar-refractivity contribution in [2.45, 2.75) is 10.8 Å². The standard InChI is InChI=1S/C11H12Cl2N2O/c12-11(13)5-7(11)6-15-9-4-2-1-3-8(9)10(14)16/h1-4,7,15H,5-6H2,(H2,14,16)/t7-/m1/s1. The van der Waals surface area contributed by atoms with Crippen molar-refractivity contribution in [1.82, 2.24) is 0 Å². The molecule has 0 saturated heterocycles. The number of carbonyl (C=O) groups is 1. The fourth-order valence-electron chi connectivity index (χ4n) is 1.58. The zero-order valence-corrected chi connectivity index (χ0v) is 10.1. The lowest BCUT2D eigenvalue weighted by Gasteiger charge is -2.09. The molecule has 1 aromatic rings. The summed E-state index contributed by atoms with van der Waals surface area (Å²) in [6, 6.07) is 7.12. The Morgan fingerprint density at radius 2 is 2.12 bits per heavy atom. The van der Waals surface area contributed by atoms with Gasteiger partial charge in [-0.3, -0.25) is 4.79 Å². The topological polar surface area (TPSA) is 55.1 Å². The summed E-state index contributed by atoms with van der Waals surface area (Å²) in [6.07, 6.45) is 0.780. The summed E-state index contributed by atoms with van der Waals surface area (Å²) in [5.41, 5.74) is 6.47. The molecule has 0 unspecified atom stereocenters. The Balaban J connectivity index is 2.02. The number of halogens is 2. The van der Waals surface area contributed by atoms with Crippen LogP contribution >= 0.6 is 23.2 Å². The zero-order valence-electron chi connectivity index (χ0n) is 8.54. The lowest BCUT2D eigenvalue weighted by molar-refractivity contribution is 0.100. The molecule has 86 valence electrons. The molecular weight excluding hydrogens is 247 g/mol. The van der Waals surface area contributed by atoms with Crippen molar-refractivity contribution in [2.75, 3.05) is 11.9 Å². The molecule has 0 spiro atoms. The SMILES string of the molecule is NC(=O)c1ccccc1NC[C@H]1CC1(Cl)Cl. The molecule has 5 heteroatoms. The highest BCUT2D eigenvalue weighted by molar-refractivity contribution is 6.50. The molecule has 1 fully saturated rings. The molecule has 1 saturated carbocycles. The Labute approximate surface area is 104 Å². The first-order valence-corrected chi connectivity index (χ1v) is 5.77. The van der Waals surface area contributed by atoms with Gasteiger partial charge in [-0.2, -0.15) is 0 Å². The van der Waals surface area contributed by atoms with Gasteiger partial charge < -0.3 is 11.1 Å². The van der Waals surface area contributed by atoms with Crippen LogP contribution in [0.1, 0.15) is 16.8 Å². The van der Waals surface area contributed by atoms with Crippen molar-refractivity contribution in [3.8, 4) is 0 Å². The largest absolute Gasteiger partial charge is 0.384 e. The summed E-state index contributed by atoms with van der Waals surface area (Å²) in [6.45, 7) is 0.650. The van der Waals surface area contributed by atoms with E-state index in [0.717, 1.165) is 12.1 Å². The Morgan fingerprint density at radius 3 is 2.69 bits per heavy atom. The summed E-state index contributed by atoms with van der Waals surface area (Å²) in [4.78, 5) is 11.1.